The van der Waals surface area contributed by atoms with Crippen LogP contribution in [0.2, 0.25) is 0 Å². The maximum atomic E-state index is 13.6. The number of amides is 2. The van der Waals surface area contributed by atoms with Gasteiger partial charge in [0, 0.05) is 38.1 Å². The minimum atomic E-state index is -4.13. The van der Waals surface area contributed by atoms with Crippen LogP contribution in [-0.4, -0.2) is 84.4 Å². The van der Waals surface area contributed by atoms with Crippen LogP contribution in [0.4, 0.5) is 16.2 Å². The predicted octanol–water partition coefficient (Wildman–Crippen LogP) is 2.11. The Morgan fingerprint density at radius 2 is 1.74 bits per heavy atom. The van der Waals surface area contributed by atoms with Gasteiger partial charge in [0.2, 0.25) is 0 Å². The van der Waals surface area contributed by atoms with Crippen molar-refractivity contribution in [3.63, 3.8) is 0 Å². The normalized spacial score (nSPS) is 18.0. The van der Waals surface area contributed by atoms with E-state index >= 15 is 0 Å². The zero-order valence-corrected chi connectivity index (χ0v) is 20.8. The summed E-state index contributed by atoms with van der Waals surface area (Å²) in [7, 11) is -2.38. The standard InChI is InChI=1S/C24H34N6O3S.Na.H/c1-3-29-12-10-19(11-13-29)30(20-15-25-28(2)16-20)34(32,33)27-24(31)26-23-21-8-4-6-17(21)14-18-7-5-9-22(18)23;;/h14-16,19H,3-13H2,1-2H3,(H2,26,27,31);;. The third kappa shape index (κ3) is 5.41. The predicted molar refractivity (Wildman–Crippen MR) is 140 cm³/mol. The van der Waals surface area contributed by atoms with Crippen molar-refractivity contribution in [2.24, 2.45) is 7.05 Å². The summed E-state index contributed by atoms with van der Waals surface area (Å²) in [5.41, 5.74) is 6.23. The Morgan fingerprint density at radius 1 is 1.11 bits per heavy atom. The summed E-state index contributed by atoms with van der Waals surface area (Å²) in [5, 5.41) is 7.12. The second-order valence-electron chi connectivity index (χ2n) is 9.63. The quantitative estimate of drug-likeness (QED) is 0.580. The van der Waals surface area contributed by atoms with E-state index in [1.807, 2.05) is 0 Å². The van der Waals surface area contributed by atoms with E-state index in [2.05, 4.69) is 33.0 Å². The molecule has 0 spiro atoms. The number of nitrogens with zero attached hydrogens (tertiary/aromatic N) is 4. The van der Waals surface area contributed by atoms with Crippen molar-refractivity contribution in [1.82, 2.24) is 19.4 Å². The van der Waals surface area contributed by atoms with Crippen LogP contribution in [0.3, 0.4) is 0 Å². The van der Waals surface area contributed by atoms with E-state index in [4.69, 9.17) is 0 Å². The van der Waals surface area contributed by atoms with Gasteiger partial charge in [-0.1, -0.05) is 13.0 Å². The molecular weight excluding hydrogens is 475 g/mol. The van der Waals surface area contributed by atoms with Gasteiger partial charge in [-0.05, 0) is 80.2 Å². The number of aromatic nitrogens is 2. The summed E-state index contributed by atoms with van der Waals surface area (Å²) in [6.45, 7) is 4.70. The van der Waals surface area contributed by atoms with Crippen LogP contribution < -0.4 is 14.3 Å². The summed E-state index contributed by atoms with van der Waals surface area (Å²) in [5.74, 6) is 0. The first kappa shape index (κ1) is 26.5. The van der Waals surface area contributed by atoms with Crippen molar-refractivity contribution in [2.45, 2.75) is 64.3 Å². The van der Waals surface area contributed by atoms with E-state index in [0.717, 1.165) is 63.8 Å². The number of aryl methyl sites for hydroxylation is 3. The molecule has 1 aromatic heterocycles. The third-order valence-electron chi connectivity index (χ3n) is 7.47. The van der Waals surface area contributed by atoms with Crippen LogP contribution in [0.1, 0.15) is 54.9 Å². The molecule has 5 rings (SSSR count). The van der Waals surface area contributed by atoms with Crippen molar-refractivity contribution in [3.05, 3.63) is 40.7 Å². The summed E-state index contributed by atoms with van der Waals surface area (Å²) in [6.07, 6.45) is 10.6. The Balaban J connectivity index is 0.00000289. The molecule has 2 heterocycles. The van der Waals surface area contributed by atoms with E-state index in [9.17, 15) is 13.2 Å². The van der Waals surface area contributed by atoms with Crippen LogP contribution in [-0.2, 0) is 42.9 Å². The molecule has 1 fully saturated rings. The van der Waals surface area contributed by atoms with Crippen molar-refractivity contribution in [1.29, 1.82) is 0 Å². The van der Waals surface area contributed by atoms with Gasteiger partial charge in [-0.15, -0.1) is 0 Å². The molecular formula is C24H35N6NaO3S. The number of fused-ring (bicyclic) bond motifs is 2. The first-order valence-corrected chi connectivity index (χ1v) is 13.8. The molecule has 0 saturated carbocycles. The molecule has 1 aromatic carbocycles. The van der Waals surface area contributed by atoms with Gasteiger partial charge < -0.3 is 10.2 Å². The van der Waals surface area contributed by atoms with Gasteiger partial charge in [0.15, 0.2) is 0 Å². The number of anilines is 2. The molecule has 0 bridgehead atoms. The number of carbonyl (C=O) groups is 1. The Hall–Kier alpha value is -1.59. The van der Waals surface area contributed by atoms with Gasteiger partial charge in [0.25, 0.3) is 0 Å². The molecule has 2 aromatic rings. The number of rotatable bonds is 6. The van der Waals surface area contributed by atoms with Crippen molar-refractivity contribution < 1.29 is 13.2 Å². The van der Waals surface area contributed by atoms with Crippen LogP contribution >= 0.6 is 0 Å². The molecule has 35 heavy (non-hydrogen) atoms. The molecule has 1 saturated heterocycles. The summed E-state index contributed by atoms with van der Waals surface area (Å²) < 4.78 is 32.4. The number of benzene rings is 1. The number of hydrogen-bond donors (Lipinski definition) is 2. The number of hydrogen-bond acceptors (Lipinski definition) is 5. The van der Waals surface area contributed by atoms with Gasteiger partial charge in [-0.2, -0.15) is 13.5 Å². The summed E-state index contributed by atoms with van der Waals surface area (Å²) in [4.78, 5) is 15.4. The minimum absolute atomic E-state index is 0. The molecule has 1 aliphatic heterocycles. The van der Waals surface area contributed by atoms with Crippen molar-refractivity contribution >= 4 is 57.2 Å². The number of carbonyl (C=O) groups excluding carboxylic acids is 1. The van der Waals surface area contributed by atoms with Gasteiger partial charge in [0.1, 0.15) is 0 Å². The second-order valence-corrected chi connectivity index (χ2v) is 11.2. The molecule has 11 heteroatoms. The van der Waals surface area contributed by atoms with Crippen molar-refractivity contribution in [2.75, 3.05) is 29.3 Å². The molecule has 0 atom stereocenters. The fourth-order valence-corrected chi connectivity index (χ4v) is 7.17. The van der Waals surface area contributed by atoms with E-state index in [1.54, 1.807) is 24.1 Å². The Bertz CT molecular complexity index is 1160. The topological polar surface area (TPSA) is 99.6 Å². The van der Waals surface area contributed by atoms with Gasteiger partial charge in [-0.3, -0.25) is 4.68 Å². The fraction of sp³-hybridized carbons (Fsp3) is 0.583. The monoisotopic (exact) mass is 510 g/mol. The van der Waals surface area contributed by atoms with Crippen molar-refractivity contribution in [3.8, 4) is 0 Å². The Morgan fingerprint density at radius 3 is 2.29 bits per heavy atom. The molecule has 0 radical (unpaired) electrons. The summed E-state index contributed by atoms with van der Waals surface area (Å²) in [6, 6.07) is 1.36. The molecule has 3 aliphatic rings. The average Bonchev–Trinajstić information content (AvgIpc) is 3.55. The SMILES string of the molecule is CCN1CCC(N(c2cnn(C)c2)S(=O)(=O)NC(=O)Nc2c3c(cc4c2CCC4)CCC3)CC1.[NaH]. The van der Waals surface area contributed by atoms with Crippen LogP contribution in [0, 0.1) is 0 Å². The van der Waals surface area contributed by atoms with Crippen LogP contribution in [0.5, 0.6) is 0 Å². The van der Waals surface area contributed by atoms with E-state index in [-0.39, 0.29) is 35.6 Å². The Labute approximate surface area is 230 Å². The first-order valence-electron chi connectivity index (χ1n) is 12.4. The molecule has 2 aliphatic carbocycles. The number of likely N-dealkylation sites (tertiary alicyclic amines) is 1. The van der Waals surface area contributed by atoms with Crippen LogP contribution in [0.25, 0.3) is 0 Å². The molecule has 2 amide bonds. The molecule has 9 nitrogen and oxygen atoms in total. The maximum absolute atomic E-state index is 13.6. The zero-order chi connectivity index (χ0) is 23.9. The van der Waals surface area contributed by atoms with E-state index in [0.29, 0.717) is 18.5 Å². The van der Waals surface area contributed by atoms with E-state index in [1.165, 1.54) is 26.6 Å². The van der Waals surface area contributed by atoms with Gasteiger partial charge in [-0.25, -0.2) is 13.8 Å². The number of piperidine rings is 1. The fourth-order valence-electron chi connectivity index (χ4n) is 5.81. The third-order valence-corrected chi connectivity index (χ3v) is 8.94. The van der Waals surface area contributed by atoms with E-state index < -0.39 is 16.2 Å². The summed E-state index contributed by atoms with van der Waals surface area (Å²) >= 11 is 0. The first-order chi connectivity index (χ1) is 16.4. The Kier molecular flexibility index (Phi) is 8.17. The molecule has 0 unspecified atom stereocenters. The second kappa shape index (κ2) is 10.8. The zero-order valence-electron chi connectivity index (χ0n) is 20.0. The number of nitrogens with one attached hydrogen (secondary N) is 2. The van der Waals surface area contributed by atoms with Gasteiger partial charge >= 0.3 is 45.8 Å². The molecule has 186 valence electrons. The number of urea groups is 1. The van der Waals surface area contributed by atoms with Gasteiger partial charge in [0.05, 0.1) is 11.9 Å². The van der Waals surface area contributed by atoms with Crippen LogP contribution in [0.15, 0.2) is 18.5 Å². The molecule has 2 N–H and O–H groups in total. The average molecular weight is 511 g/mol.